The van der Waals surface area contributed by atoms with Crippen LogP contribution < -0.4 is 10.6 Å². The Balaban J connectivity index is 1.82. The van der Waals surface area contributed by atoms with Gasteiger partial charge in [-0.25, -0.2) is 0 Å². The van der Waals surface area contributed by atoms with Gasteiger partial charge in [-0.05, 0) is 50.6 Å². The fourth-order valence-corrected chi connectivity index (χ4v) is 1.99. The molecule has 0 aromatic heterocycles. The minimum Gasteiger partial charge on any atom is -0.383 e. The van der Waals surface area contributed by atoms with Crippen LogP contribution in [0, 0.1) is 0 Å². The van der Waals surface area contributed by atoms with Crippen LogP contribution >= 0.6 is 11.6 Å². The van der Waals surface area contributed by atoms with Gasteiger partial charge in [0.1, 0.15) is 0 Å². The number of nitrogens with one attached hydrogen (secondary N) is 2. The van der Waals surface area contributed by atoms with Crippen molar-refractivity contribution >= 4 is 17.3 Å². The number of hydrogen-bond donors (Lipinski definition) is 2. The lowest BCUT2D eigenvalue weighted by Crippen LogP contribution is -2.45. The summed E-state index contributed by atoms with van der Waals surface area (Å²) in [5.74, 6) is 0. The maximum absolute atomic E-state index is 5.83. The highest BCUT2D eigenvalue weighted by molar-refractivity contribution is 6.30. The van der Waals surface area contributed by atoms with Gasteiger partial charge in [-0.1, -0.05) is 11.6 Å². The summed E-state index contributed by atoms with van der Waals surface area (Å²) in [4.78, 5) is 0. The summed E-state index contributed by atoms with van der Waals surface area (Å²) in [7, 11) is 0. The van der Waals surface area contributed by atoms with Gasteiger partial charge in [0, 0.05) is 22.8 Å². The lowest BCUT2D eigenvalue weighted by atomic mass is 9.99. The number of hydrogen-bond acceptors (Lipinski definition) is 2. The molecular weight excluding hydrogens is 208 g/mol. The topological polar surface area (TPSA) is 24.1 Å². The van der Waals surface area contributed by atoms with Gasteiger partial charge in [0.25, 0.3) is 0 Å². The summed E-state index contributed by atoms with van der Waals surface area (Å²) < 4.78 is 0. The van der Waals surface area contributed by atoms with Gasteiger partial charge in [-0.2, -0.15) is 0 Å². The lowest BCUT2D eigenvalue weighted by molar-refractivity contribution is 0.339. The zero-order chi connectivity index (χ0) is 10.7. The molecule has 2 atom stereocenters. The lowest BCUT2D eigenvalue weighted by Gasteiger charge is -2.30. The first-order chi connectivity index (χ1) is 7.24. The molecular formula is C12H17ClN2. The Labute approximate surface area is 96.0 Å². The molecule has 3 heteroatoms. The summed E-state index contributed by atoms with van der Waals surface area (Å²) in [6, 6.07) is 9.08. The first-order valence-corrected chi connectivity index (χ1v) is 5.87. The Kier molecular flexibility index (Phi) is 3.49. The van der Waals surface area contributed by atoms with E-state index in [2.05, 4.69) is 17.6 Å². The highest BCUT2D eigenvalue weighted by Crippen LogP contribution is 2.17. The average molecular weight is 225 g/mol. The molecule has 0 bridgehead atoms. The molecule has 2 rings (SSSR count). The van der Waals surface area contributed by atoms with Crippen LogP contribution in [-0.4, -0.2) is 18.6 Å². The van der Waals surface area contributed by atoms with Crippen molar-refractivity contribution < 1.29 is 0 Å². The van der Waals surface area contributed by atoms with Crippen LogP contribution in [0.2, 0.25) is 5.02 Å². The Morgan fingerprint density at radius 2 is 2.13 bits per heavy atom. The average Bonchev–Trinajstić information content (AvgIpc) is 2.16. The smallest absolute Gasteiger partial charge is 0.0407 e. The van der Waals surface area contributed by atoms with Gasteiger partial charge >= 0.3 is 0 Å². The van der Waals surface area contributed by atoms with Crippen molar-refractivity contribution in [2.45, 2.75) is 31.8 Å². The van der Waals surface area contributed by atoms with E-state index in [1.54, 1.807) is 0 Å². The molecule has 1 fully saturated rings. The molecule has 15 heavy (non-hydrogen) atoms. The summed E-state index contributed by atoms with van der Waals surface area (Å²) in [6.45, 7) is 3.40. The van der Waals surface area contributed by atoms with Gasteiger partial charge < -0.3 is 10.6 Å². The van der Waals surface area contributed by atoms with Gasteiger partial charge in [0.2, 0.25) is 0 Å². The van der Waals surface area contributed by atoms with E-state index in [-0.39, 0.29) is 0 Å². The molecule has 0 amide bonds. The van der Waals surface area contributed by atoms with Crippen molar-refractivity contribution in [2.75, 3.05) is 11.9 Å². The van der Waals surface area contributed by atoms with Crippen molar-refractivity contribution in [3.05, 3.63) is 29.3 Å². The van der Waals surface area contributed by atoms with Crippen LogP contribution in [0.25, 0.3) is 0 Å². The van der Waals surface area contributed by atoms with E-state index in [1.807, 2.05) is 24.3 Å². The Morgan fingerprint density at radius 3 is 2.67 bits per heavy atom. The summed E-state index contributed by atoms with van der Waals surface area (Å²) >= 11 is 5.83. The molecule has 2 nitrogen and oxygen atoms in total. The van der Waals surface area contributed by atoms with Gasteiger partial charge in [-0.3, -0.25) is 0 Å². The standard InChI is InChI=1S/C12H17ClN2/c1-9(8-12-6-7-14-12)15-11-4-2-10(13)3-5-11/h2-5,9,12,14-15H,6-8H2,1H3. The number of anilines is 1. The minimum atomic E-state index is 0.504. The molecule has 1 heterocycles. The number of benzene rings is 1. The molecule has 1 saturated heterocycles. The van der Waals surface area contributed by atoms with Crippen molar-refractivity contribution in [1.29, 1.82) is 0 Å². The normalized spacial score (nSPS) is 21.9. The highest BCUT2D eigenvalue weighted by atomic mass is 35.5. The van der Waals surface area contributed by atoms with E-state index < -0.39 is 0 Å². The molecule has 0 saturated carbocycles. The number of rotatable bonds is 4. The molecule has 1 aromatic carbocycles. The van der Waals surface area contributed by atoms with Gasteiger partial charge in [0.05, 0.1) is 0 Å². The van der Waals surface area contributed by atoms with Crippen LogP contribution in [-0.2, 0) is 0 Å². The van der Waals surface area contributed by atoms with Crippen LogP contribution in [0.3, 0.4) is 0 Å². The van der Waals surface area contributed by atoms with Crippen LogP contribution in [0.15, 0.2) is 24.3 Å². The third kappa shape index (κ3) is 3.11. The zero-order valence-corrected chi connectivity index (χ0v) is 9.72. The Morgan fingerprint density at radius 1 is 1.47 bits per heavy atom. The molecule has 0 radical (unpaired) electrons. The monoisotopic (exact) mass is 224 g/mol. The third-order valence-electron chi connectivity index (χ3n) is 2.82. The third-order valence-corrected chi connectivity index (χ3v) is 3.07. The molecule has 0 aliphatic carbocycles. The molecule has 0 spiro atoms. The van der Waals surface area contributed by atoms with E-state index in [4.69, 9.17) is 11.6 Å². The predicted molar refractivity (Wildman–Crippen MR) is 65.6 cm³/mol. The fourth-order valence-electron chi connectivity index (χ4n) is 1.87. The molecule has 1 aromatic rings. The Bertz CT molecular complexity index is 306. The van der Waals surface area contributed by atoms with E-state index in [1.165, 1.54) is 19.4 Å². The SMILES string of the molecule is CC(CC1CCN1)Nc1ccc(Cl)cc1. The second-order valence-electron chi connectivity index (χ2n) is 4.23. The molecule has 1 aliphatic rings. The maximum Gasteiger partial charge on any atom is 0.0407 e. The maximum atomic E-state index is 5.83. The molecule has 1 aliphatic heterocycles. The van der Waals surface area contributed by atoms with Crippen LogP contribution in [0.4, 0.5) is 5.69 Å². The summed E-state index contributed by atoms with van der Waals surface area (Å²) in [5, 5.41) is 7.67. The summed E-state index contributed by atoms with van der Waals surface area (Å²) in [5.41, 5.74) is 1.14. The largest absolute Gasteiger partial charge is 0.383 e. The second-order valence-corrected chi connectivity index (χ2v) is 4.66. The molecule has 82 valence electrons. The van der Waals surface area contributed by atoms with Crippen molar-refractivity contribution in [3.8, 4) is 0 Å². The molecule has 2 N–H and O–H groups in total. The van der Waals surface area contributed by atoms with E-state index in [0.29, 0.717) is 12.1 Å². The fraction of sp³-hybridized carbons (Fsp3) is 0.500. The van der Waals surface area contributed by atoms with Crippen LogP contribution in [0.5, 0.6) is 0 Å². The quantitative estimate of drug-likeness (QED) is 0.822. The van der Waals surface area contributed by atoms with E-state index in [0.717, 1.165) is 10.7 Å². The number of halogens is 1. The molecule has 2 unspecified atom stereocenters. The minimum absolute atomic E-state index is 0.504. The van der Waals surface area contributed by atoms with Crippen molar-refractivity contribution in [1.82, 2.24) is 5.32 Å². The van der Waals surface area contributed by atoms with Gasteiger partial charge in [-0.15, -0.1) is 0 Å². The highest BCUT2D eigenvalue weighted by Gasteiger charge is 2.18. The predicted octanol–water partition coefficient (Wildman–Crippen LogP) is 2.89. The summed E-state index contributed by atoms with van der Waals surface area (Å²) in [6.07, 6.45) is 2.50. The van der Waals surface area contributed by atoms with E-state index >= 15 is 0 Å². The van der Waals surface area contributed by atoms with Gasteiger partial charge in [0.15, 0.2) is 0 Å². The first kappa shape index (κ1) is 10.8. The van der Waals surface area contributed by atoms with E-state index in [9.17, 15) is 0 Å². The van der Waals surface area contributed by atoms with Crippen molar-refractivity contribution in [3.63, 3.8) is 0 Å². The first-order valence-electron chi connectivity index (χ1n) is 5.49. The van der Waals surface area contributed by atoms with Crippen LogP contribution in [0.1, 0.15) is 19.8 Å². The Hall–Kier alpha value is -0.730. The zero-order valence-electron chi connectivity index (χ0n) is 8.96. The second kappa shape index (κ2) is 4.86. The van der Waals surface area contributed by atoms with Crippen molar-refractivity contribution in [2.24, 2.45) is 0 Å².